The lowest BCUT2D eigenvalue weighted by atomic mass is 9.92. The molecule has 0 bridgehead atoms. The van der Waals surface area contributed by atoms with Crippen molar-refractivity contribution in [3.8, 4) is 22.3 Å². The second-order valence-electron chi connectivity index (χ2n) is 10.2. The van der Waals surface area contributed by atoms with E-state index in [1.54, 1.807) is 0 Å². The molecule has 0 aliphatic carbocycles. The van der Waals surface area contributed by atoms with Crippen molar-refractivity contribution in [2.75, 3.05) is 0 Å². The molecule has 0 aromatic heterocycles. The normalized spacial score (nSPS) is 14.7. The molecule has 2 nitrogen and oxygen atoms in total. The largest absolute Gasteiger partial charge is 0.359 e. The van der Waals surface area contributed by atoms with Gasteiger partial charge in [-0.2, -0.15) is 0 Å². The molecule has 196 valence electrons. The lowest BCUT2D eigenvalue weighted by molar-refractivity contribution is 0.664. The fraction of sp³-hybridized carbons (Fsp3) is 0.0263. The summed E-state index contributed by atoms with van der Waals surface area (Å²) in [6.07, 6.45) is 1.98. The fourth-order valence-corrected chi connectivity index (χ4v) is 5.74. The predicted molar refractivity (Wildman–Crippen MR) is 173 cm³/mol. The average molecular weight is 547 g/mol. The third-order valence-electron chi connectivity index (χ3n) is 7.59. The number of hydrogen-bond acceptors (Lipinski definition) is 2. The van der Waals surface area contributed by atoms with E-state index in [1.165, 1.54) is 21.9 Å². The predicted octanol–water partition coefficient (Wildman–Crippen LogP) is 9.96. The summed E-state index contributed by atoms with van der Waals surface area (Å²) in [5.74, 6) is 0. The Hall–Kier alpha value is -4.92. The quantitative estimate of drug-likeness (QED) is 0.228. The lowest BCUT2D eigenvalue weighted by Crippen LogP contribution is -2.25. The maximum absolute atomic E-state index is 6.36. The summed E-state index contributed by atoms with van der Waals surface area (Å²) in [6, 6.07) is 50.6. The maximum Gasteiger partial charge on any atom is 0.145 e. The molecule has 0 radical (unpaired) electrons. The Morgan fingerprint density at radius 3 is 1.83 bits per heavy atom. The summed E-state index contributed by atoms with van der Waals surface area (Å²) in [4.78, 5) is 5.17. The van der Waals surface area contributed by atoms with Gasteiger partial charge in [0.25, 0.3) is 0 Å². The molecule has 41 heavy (non-hydrogen) atoms. The number of halogens is 1. The van der Waals surface area contributed by atoms with Crippen molar-refractivity contribution >= 4 is 33.8 Å². The van der Waals surface area contributed by atoms with E-state index in [1.807, 2.05) is 30.3 Å². The third-order valence-corrected chi connectivity index (χ3v) is 7.83. The molecule has 0 saturated heterocycles. The molecule has 1 N–H and O–H groups in total. The summed E-state index contributed by atoms with van der Waals surface area (Å²) >= 11 is 6.36. The molecule has 0 amide bonds. The lowest BCUT2D eigenvalue weighted by Gasteiger charge is -2.26. The van der Waals surface area contributed by atoms with Gasteiger partial charge in [-0.3, -0.25) is 4.99 Å². The van der Waals surface area contributed by atoms with Crippen molar-refractivity contribution in [3.05, 3.63) is 173 Å². The van der Waals surface area contributed by atoms with Crippen molar-refractivity contribution in [2.45, 2.75) is 6.17 Å². The summed E-state index contributed by atoms with van der Waals surface area (Å²) < 4.78 is 0. The number of hydrogen-bond donors (Lipinski definition) is 1. The Morgan fingerprint density at radius 1 is 0.512 bits per heavy atom. The highest BCUT2D eigenvalue weighted by Gasteiger charge is 2.21. The van der Waals surface area contributed by atoms with Crippen LogP contribution in [0.25, 0.3) is 38.7 Å². The van der Waals surface area contributed by atoms with E-state index in [0.717, 1.165) is 44.2 Å². The first kappa shape index (κ1) is 25.1. The minimum atomic E-state index is -0.202. The number of allylic oxidation sites excluding steroid dienone is 1. The second kappa shape index (κ2) is 10.9. The molecule has 7 rings (SSSR count). The van der Waals surface area contributed by atoms with Crippen LogP contribution in [0, 0.1) is 0 Å². The number of benzene rings is 6. The van der Waals surface area contributed by atoms with Crippen LogP contribution in [0.2, 0.25) is 5.02 Å². The van der Waals surface area contributed by atoms with Crippen LogP contribution in [0.3, 0.4) is 0 Å². The Kier molecular flexibility index (Phi) is 6.68. The monoisotopic (exact) mass is 546 g/mol. The fourth-order valence-electron chi connectivity index (χ4n) is 5.55. The first-order valence-electron chi connectivity index (χ1n) is 13.8. The molecule has 0 spiro atoms. The molecule has 1 aliphatic rings. The van der Waals surface area contributed by atoms with Gasteiger partial charge in [0.05, 0.1) is 5.71 Å². The molecule has 3 heteroatoms. The SMILES string of the molecule is Clc1cccc(-c2ccc(C3=CC(c4ccc(-c5ccccc5)cc4)=NC(c4ccccc4)N3)c3ccccc23)c1. The zero-order valence-electron chi connectivity index (χ0n) is 22.3. The van der Waals surface area contributed by atoms with E-state index in [2.05, 4.69) is 127 Å². The highest BCUT2D eigenvalue weighted by atomic mass is 35.5. The Balaban J connectivity index is 1.34. The molecule has 1 aliphatic heterocycles. The second-order valence-corrected chi connectivity index (χ2v) is 10.6. The summed E-state index contributed by atoms with van der Waals surface area (Å²) in [7, 11) is 0. The topological polar surface area (TPSA) is 24.4 Å². The van der Waals surface area contributed by atoms with Gasteiger partial charge in [0, 0.05) is 16.3 Å². The van der Waals surface area contributed by atoms with E-state index in [-0.39, 0.29) is 6.17 Å². The van der Waals surface area contributed by atoms with Crippen molar-refractivity contribution < 1.29 is 0 Å². The molecular formula is C38H27ClN2. The van der Waals surface area contributed by atoms with Crippen LogP contribution < -0.4 is 5.32 Å². The van der Waals surface area contributed by atoms with Crippen molar-refractivity contribution in [2.24, 2.45) is 4.99 Å². The third kappa shape index (κ3) is 5.06. The number of fused-ring (bicyclic) bond motifs is 1. The minimum Gasteiger partial charge on any atom is -0.359 e. The number of aliphatic imine (C=N–C) groups is 1. The van der Waals surface area contributed by atoms with Crippen LogP contribution >= 0.6 is 11.6 Å². The molecule has 0 fully saturated rings. The van der Waals surface area contributed by atoms with E-state index in [4.69, 9.17) is 16.6 Å². The number of nitrogens with zero attached hydrogens (tertiary/aromatic N) is 1. The van der Waals surface area contributed by atoms with Crippen LogP contribution in [0.1, 0.15) is 22.9 Å². The van der Waals surface area contributed by atoms with Crippen LogP contribution in [0.15, 0.2) is 157 Å². The Morgan fingerprint density at radius 2 is 1.10 bits per heavy atom. The van der Waals surface area contributed by atoms with Gasteiger partial charge in [0.15, 0.2) is 0 Å². The minimum absolute atomic E-state index is 0.202. The standard InChI is InChI=1S/C38H27ClN2/c39-31-15-9-14-30(24-31)32-22-23-35(34-17-8-7-16-33(32)34)37-25-36(40-38(41-37)29-12-5-2-6-13-29)28-20-18-27(19-21-28)26-10-3-1-4-11-26/h1-25,38,41H. The van der Waals surface area contributed by atoms with E-state index < -0.39 is 0 Å². The smallest absolute Gasteiger partial charge is 0.145 e. The summed E-state index contributed by atoms with van der Waals surface area (Å²) in [6.45, 7) is 0. The van der Waals surface area contributed by atoms with Crippen molar-refractivity contribution in [1.29, 1.82) is 0 Å². The molecule has 1 heterocycles. The Labute approximate surface area is 245 Å². The molecule has 0 saturated carbocycles. The maximum atomic E-state index is 6.36. The highest BCUT2D eigenvalue weighted by Crippen LogP contribution is 2.36. The molecule has 1 atom stereocenters. The first-order valence-corrected chi connectivity index (χ1v) is 14.2. The van der Waals surface area contributed by atoms with Gasteiger partial charge in [-0.15, -0.1) is 0 Å². The average Bonchev–Trinajstić information content (AvgIpc) is 3.05. The highest BCUT2D eigenvalue weighted by molar-refractivity contribution is 6.31. The van der Waals surface area contributed by atoms with Gasteiger partial charge in [-0.25, -0.2) is 0 Å². The van der Waals surface area contributed by atoms with Gasteiger partial charge < -0.3 is 5.32 Å². The van der Waals surface area contributed by atoms with Gasteiger partial charge in [-0.1, -0.05) is 145 Å². The molecule has 6 aromatic carbocycles. The van der Waals surface area contributed by atoms with Crippen LogP contribution in [0.5, 0.6) is 0 Å². The van der Waals surface area contributed by atoms with Crippen LogP contribution in [-0.2, 0) is 0 Å². The molecule has 1 unspecified atom stereocenters. The van der Waals surface area contributed by atoms with E-state index in [9.17, 15) is 0 Å². The van der Waals surface area contributed by atoms with Crippen molar-refractivity contribution in [3.63, 3.8) is 0 Å². The van der Waals surface area contributed by atoms with Gasteiger partial charge in [-0.05, 0) is 62.4 Å². The van der Waals surface area contributed by atoms with Crippen molar-refractivity contribution in [1.82, 2.24) is 5.32 Å². The van der Waals surface area contributed by atoms with Gasteiger partial charge >= 0.3 is 0 Å². The Bertz CT molecular complexity index is 1910. The zero-order valence-corrected chi connectivity index (χ0v) is 23.1. The zero-order chi connectivity index (χ0) is 27.6. The van der Waals surface area contributed by atoms with E-state index >= 15 is 0 Å². The number of nitrogens with one attached hydrogen (secondary N) is 1. The summed E-state index contributed by atoms with van der Waals surface area (Å²) in [5, 5.41) is 6.83. The van der Waals surface area contributed by atoms with Gasteiger partial charge in [0.2, 0.25) is 0 Å². The van der Waals surface area contributed by atoms with Crippen LogP contribution in [0.4, 0.5) is 0 Å². The summed E-state index contributed by atoms with van der Waals surface area (Å²) in [5.41, 5.74) is 10.0. The van der Waals surface area contributed by atoms with Gasteiger partial charge in [0.1, 0.15) is 6.17 Å². The first-order chi connectivity index (χ1) is 20.2. The molecular weight excluding hydrogens is 520 g/mol. The molecule has 6 aromatic rings. The van der Waals surface area contributed by atoms with Crippen LogP contribution in [-0.4, -0.2) is 5.71 Å². The number of rotatable bonds is 5. The van der Waals surface area contributed by atoms with E-state index in [0.29, 0.717) is 0 Å².